The van der Waals surface area contributed by atoms with Gasteiger partial charge in [0.1, 0.15) is 4.99 Å². The molecule has 0 aliphatic heterocycles. The third kappa shape index (κ3) is 2.58. The molecular weight excluding hydrogens is 374 g/mol. The van der Waals surface area contributed by atoms with Crippen molar-refractivity contribution in [3.8, 4) is 0 Å². The number of aliphatic imine (C=N–C) groups is 1. The monoisotopic (exact) mass is 402 g/mol. The highest BCUT2D eigenvalue weighted by atomic mass is 32.1. The molecule has 5 atom stereocenters. The van der Waals surface area contributed by atoms with Gasteiger partial charge in [0.15, 0.2) is 0 Å². The van der Waals surface area contributed by atoms with Crippen molar-refractivity contribution in [1.29, 1.82) is 0 Å². The Morgan fingerprint density at radius 1 is 1.11 bits per heavy atom. The lowest BCUT2D eigenvalue weighted by atomic mass is 9.71. The highest BCUT2D eigenvalue weighted by Gasteiger charge is 2.77. The first kappa shape index (κ1) is 18.8. The van der Waals surface area contributed by atoms with Gasteiger partial charge in [-0.05, 0) is 73.7 Å². The Hall–Kier alpha value is -1.20. The first-order valence-electron chi connectivity index (χ1n) is 10.6. The van der Waals surface area contributed by atoms with E-state index in [2.05, 4.69) is 12.1 Å². The normalized spacial score (nSPS) is 44.2. The summed E-state index contributed by atoms with van der Waals surface area (Å²) < 4.78 is 28.0. The molecule has 2 N–H and O–H groups in total. The highest BCUT2D eigenvalue weighted by molar-refractivity contribution is 7.80. The lowest BCUT2D eigenvalue weighted by Crippen LogP contribution is -2.35. The van der Waals surface area contributed by atoms with E-state index in [9.17, 15) is 8.78 Å². The zero-order chi connectivity index (χ0) is 19.5. The van der Waals surface area contributed by atoms with Crippen LogP contribution in [0, 0.1) is 29.1 Å². The first-order chi connectivity index (χ1) is 13.5. The van der Waals surface area contributed by atoms with Gasteiger partial charge in [0, 0.05) is 23.6 Å². The zero-order valence-corrected chi connectivity index (χ0v) is 16.9. The Morgan fingerprint density at radius 3 is 2.50 bits per heavy atom. The maximum absolute atomic E-state index is 14.0. The van der Waals surface area contributed by atoms with Crippen molar-refractivity contribution in [1.82, 2.24) is 0 Å². The number of nitrogens with two attached hydrogens (primary N) is 1. The molecule has 6 rings (SSSR count). The summed E-state index contributed by atoms with van der Waals surface area (Å²) in [6.07, 6.45) is 6.44. The average molecular weight is 403 g/mol. The van der Waals surface area contributed by atoms with Crippen LogP contribution in [-0.2, 0) is 5.41 Å². The summed E-state index contributed by atoms with van der Waals surface area (Å²) in [5.74, 6) is -0.102. The maximum Gasteiger partial charge on any atom is 0.242 e. The summed E-state index contributed by atoms with van der Waals surface area (Å²) in [6.45, 7) is 0. The summed E-state index contributed by atoms with van der Waals surface area (Å²) in [6, 6.07) is 10.6. The average Bonchev–Trinajstić information content (AvgIpc) is 3.40. The molecule has 150 valence electrons. The molecule has 0 heterocycles. The van der Waals surface area contributed by atoms with Crippen molar-refractivity contribution >= 4 is 23.4 Å². The molecule has 5 unspecified atom stereocenters. The molecule has 0 radical (unpaired) electrons. The molecule has 0 spiro atoms. The lowest BCUT2D eigenvalue weighted by molar-refractivity contribution is 0.0312. The quantitative estimate of drug-likeness (QED) is 0.559. The summed E-state index contributed by atoms with van der Waals surface area (Å²) >= 11 is 5.82. The van der Waals surface area contributed by atoms with Crippen LogP contribution < -0.4 is 5.73 Å². The first-order valence-corrected chi connectivity index (χ1v) is 11.0. The molecule has 28 heavy (non-hydrogen) atoms. The third-order valence-electron chi connectivity index (χ3n) is 8.43. The van der Waals surface area contributed by atoms with Crippen LogP contribution in [0.4, 0.5) is 8.78 Å². The van der Waals surface area contributed by atoms with E-state index in [1.807, 2.05) is 24.4 Å². The van der Waals surface area contributed by atoms with Gasteiger partial charge in [0.2, 0.25) is 6.43 Å². The number of nitrogens with zero attached hydrogens (tertiary/aromatic N) is 1. The van der Waals surface area contributed by atoms with Gasteiger partial charge in [-0.3, -0.25) is 4.99 Å². The van der Waals surface area contributed by atoms with E-state index in [4.69, 9.17) is 22.9 Å². The van der Waals surface area contributed by atoms with Crippen molar-refractivity contribution < 1.29 is 8.78 Å². The van der Waals surface area contributed by atoms with Gasteiger partial charge in [-0.1, -0.05) is 42.5 Å². The molecule has 5 heteroatoms. The second-order valence-electron chi connectivity index (χ2n) is 9.65. The Kier molecular flexibility index (Phi) is 4.48. The van der Waals surface area contributed by atoms with E-state index in [0.717, 1.165) is 44.9 Å². The molecule has 5 aliphatic carbocycles. The SMILES string of the molecule is NC1CCC(/C=N/C(=S)C23CC4C(C(F)F)C2CC4(c2ccccc2)C3)CC1. The van der Waals surface area contributed by atoms with E-state index < -0.39 is 12.3 Å². The number of alkyl halides is 2. The van der Waals surface area contributed by atoms with E-state index in [1.54, 1.807) is 0 Å². The minimum Gasteiger partial charge on any atom is -0.328 e. The topological polar surface area (TPSA) is 38.4 Å². The van der Waals surface area contributed by atoms with Crippen molar-refractivity contribution in [3.63, 3.8) is 0 Å². The van der Waals surface area contributed by atoms with Crippen molar-refractivity contribution in [2.45, 2.75) is 62.8 Å². The van der Waals surface area contributed by atoms with Crippen molar-refractivity contribution in [2.75, 3.05) is 0 Å². The second-order valence-corrected chi connectivity index (χ2v) is 10.0. The molecule has 5 saturated carbocycles. The molecular formula is C23H28F2N2S. The molecule has 4 bridgehead atoms. The van der Waals surface area contributed by atoms with Gasteiger partial charge in [0.05, 0.1) is 0 Å². The number of benzene rings is 1. The van der Waals surface area contributed by atoms with Gasteiger partial charge < -0.3 is 5.73 Å². The molecule has 5 aliphatic rings. The van der Waals surface area contributed by atoms with Gasteiger partial charge in [-0.15, -0.1) is 0 Å². The number of hydrogen-bond acceptors (Lipinski definition) is 2. The van der Waals surface area contributed by atoms with Crippen LogP contribution >= 0.6 is 12.2 Å². The fourth-order valence-corrected chi connectivity index (χ4v) is 7.58. The predicted octanol–water partition coefficient (Wildman–Crippen LogP) is 5.15. The Labute approximate surface area is 171 Å². The van der Waals surface area contributed by atoms with Crippen LogP contribution in [0.3, 0.4) is 0 Å². The molecule has 0 aromatic heterocycles. The number of hydrogen-bond donors (Lipinski definition) is 1. The largest absolute Gasteiger partial charge is 0.328 e. The highest BCUT2D eigenvalue weighted by Crippen LogP contribution is 2.79. The Morgan fingerprint density at radius 2 is 1.82 bits per heavy atom. The Balaban J connectivity index is 1.42. The minimum atomic E-state index is -2.27. The van der Waals surface area contributed by atoms with E-state index in [1.165, 1.54) is 5.56 Å². The maximum atomic E-state index is 14.0. The van der Waals surface area contributed by atoms with E-state index >= 15 is 0 Å². The number of halogens is 2. The van der Waals surface area contributed by atoms with Crippen LogP contribution in [0.25, 0.3) is 0 Å². The van der Waals surface area contributed by atoms with Crippen molar-refractivity contribution in [2.24, 2.45) is 39.8 Å². The summed E-state index contributed by atoms with van der Waals surface area (Å²) in [7, 11) is 0. The van der Waals surface area contributed by atoms with Crippen LogP contribution in [0.15, 0.2) is 35.3 Å². The van der Waals surface area contributed by atoms with E-state index in [0.29, 0.717) is 16.9 Å². The predicted molar refractivity (Wildman–Crippen MR) is 112 cm³/mol. The fraction of sp³-hybridized carbons (Fsp3) is 0.652. The van der Waals surface area contributed by atoms with Gasteiger partial charge in [-0.2, -0.15) is 0 Å². The minimum absolute atomic E-state index is 0.0258. The standard InChI is InChI=1S/C23H28F2N2S/c24-20(25)19-17-11-23(21(28)27-12-14-6-8-16(26)9-7-14)13-22(17,10-18(19)23)15-4-2-1-3-5-15/h1-5,12,14,16-20H,6-11,13,26H2/b27-12+. The molecule has 0 amide bonds. The van der Waals surface area contributed by atoms with Crippen molar-refractivity contribution in [3.05, 3.63) is 35.9 Å². The smallest absolute Gasteiger partial charge is 0.242 e. The molecule has 1 aromatic carbocycles. The third-order valence-corrected chi connectivity index (χ3v) is 8.94. The number of rotatable bonds is 4. The molecule has 0 saturated heterocycles. The van der Waals surface area contributed by atoms with Crippen LogP contribution in [0.2, 0.25) is 0 Å². The molecule has 2 nitrogen and oxygen atoms in total. The summed E-state index contributed by atoms with van der Waals surface area (Å²) in [5, 5.41) is 0. The Bertz CT molecular complexity index is 789. The second kappa shape index (κ2) is 6.66. The lowest BCUT2D eigenvalue weighted by Gasteiger charge is -2.34. The molecule has 1 aromatic rings. The van der Waals surface area contributed by atoms with Crippen LogP contribution in [0.5, 0.6) is 0 Å². The van der Waals surface area contributed by atoms with Crippen LogP contribution in [-0.4, -0.2) is 23.7 Å². The summed E-state index contributed by atoms with van der Waals surface area (Å²) in [4.78, 5) is 5.43. The van der Waals surface area contributed by atoms with Gasteiger partial charge in [0.25, 0.3) is 0 Å². The summed E-state index contributed by atoms with van der Waals surface area (Å²) in [5.41, 5.74) is 6.78. The van der Waals surface area contributed by atoms with Crippen LogP contribution in [0.1, 0.15) is 50.5 Å². The van der Waals surface area contributed by atoms with Gasteiger partial charge >= 0.3 is 0 Å². The number of thiocarbonyl (C=S) groups is 1. The zero-order valence-electron chi connectivity index (χ0n) is 16.1. The fourth-order valence-electron chi connectivity index (χ4n) is 7.21. The van der Waals surface area contributed by atoms with E-state index in [-0.39, 0.29) is 22.7 Å². The molecule has 5 fully saturated rings. The van der Waals surface area contributed by atoms with Gasteiger partial charge in [-0.25, -0.2) is 8.78 Å².